The largest absolute Gasteiger partial charge is 0.308 e. The first-order valence-corrected chi connectivity index (χ1v) is 9.79. The highest BCUT2D eigenvalue weighted by molar-refractivity contribution is 6.31. The molecule has 0 amide bonds. The van der Waals surface area contributed by atoms with Crippen molar-refractivity contribution in [2.24, 2.45) is 11.3 Å². The summed E-state index contributed by atoms with van der Waals surface area (Å²) in [6.07, 6.45) is 0.774. The van der Waals surface area contributed by atoms with E-state index in [2.05, 4.69) is 32.2 Å². The molecule has 1 aliphatic heterocycles. The van der Waals surface area contributed by atoms with Gasteiger partial charge in [0.1, 0.15) is 11.2 Å². The Kier molecular flexibility index (Phi) is 5.54. The minimum Gasteiger partial charge on any atom is -0.308 e. The lowest BCUT2D eigenvalue weighted by Gasteiger charge is -2.37. The Hall–Kier alpha value is -1.60. The van der Waals surface area contributed by atoms with E-state index >= 15 is 4.39 Å². The van der Waals surface area contributed by atoms with Crippen molar-refractivity contribution in [1.82, 2.24) is 5.32 Å². The SMILES string of the molecule is CC(C)(C)C[C@@H]1CN[C@H](c2ccccc2Cl)[C@@]1(C#N)c1ccc(Cl)cc1F. The molecule has 0 unspecified atom stereocenters. The van der Waals surface area contributed by atoms with Gasteiger partial charge in [0.15, 0.2) is 0 Å². The fraction of sp³-hybridized carbons (Fsp3) is 0.409. The molecule has 0 aliphatic carbocycles. The van der Waals surface area contributed by atoms with Gasteiger partial charge in [-0.3, -0.25) is 0 Å². The molecule has 1 heterocycles. The Morgan fingerprint density at radius 3 is 2.52 bits per heavy atom. The molecular weight excluding hydrogens is 382 g/mol. The topological polar surface area (TPSA) is 35.8 Å². The second-order valence-electron chi connectivity index (χ2n) is 8.43. The molecule has 3 rings (SSSR count). The van der Waals surface area contributed by atoms with Gasteiger partial charge < -0.3 is 5.32 Å². The molecule has 142 valence electrons. The van der Waals surface area contributed by atoms with E-state index in [1.54, 1.807) is 18.2 Å². The van der Waals surface area contributed by atoms with Crippen molar-refractivity contribution >= 4 is 23.2 Å². The summed E-state index contributed by atoms with van der Waals surface area (Å²) in [5.74, 6) is -0.525. The molecule has 0 bridgehead atoms. The number of hydrogen-bond acceptors (Lipinski definition) is 2. The maximum Gasteiger partial charge on any atom is 0.129 e. The van der Waals surface area contributed by atoms with Gasteiger partial charge >= 0.3 is 0 Å². The minimum absolute atomic E-state index is 0.00722. The highest BCUT2D eigenvalue weighted by Crippen LogP contribution is 2.52. The Labute approximate surface area is 170 Å². The number of benzene rings is 2. The van der Waals surface area contributed by atoms with Crippen LogP contribution < -0.4 is 5.32 Å². The summed E-state index contributed by atoms with van der Waals surface area (Å²) >= 11 is 12.4. The van der Waals surface area contributed by atoms with Crippen molar-refractivity contribution in [1.29, 1.82) is 5.26 Å². The summed E-state index contributed by atoms with van der Waals surface area (Å²) in [6, 6.07) is 14.1. The first kappa shape index (κ1) is 20.1. The van der Waals surface area contributed by atoms with Crippen LogP contribution in [0.3, 0.4) is 0 Å². The monoisotopic (exact) mass is 404 g/mol. The van der Waals surface area contributed by atoms with Crippen LogP contribution in [-0.4, -0.2) is 6.54 Å². The van der Waals surface area contributed by atoms with Gasteiger partial charge in [0.25, 0.3) is 0 Å². The standard InChI is InChI=1S/C22H23Cl2FN2/c1-21(2,3)11-14-12-27-20(16-6-4-5-7-18(16)24)22(14,13-26)17-9-8-15(23)10-19(17)25/h4-10,14,20,27H,11-12H2,1-3H3/t14-,20-,22-/m1/s1. The van der Waals surface area contributed by atoms with Crippen LogP contribution in [0.4, 0.5) is 4.39 Å². The van der Waals surface area contributed by atoms with Crippen LogP contribution >= 0.6 is 23.2 Å². The van der Waals surface area contributed by atoms with Crippen LogP contribution in [0.1, 0.15) is 44.4 Å². The van der Waals surface area contributed by atoms with Crippen LogP contribution in [0.2, 0.25) is 10.0 Å². The molecule has 1 N–H and O–H groups in total. The number of nitrogens with zero attached hydrogens (tertiary/aromatic N) is 1. The highest BCUT2D eigenvalue weighted by Gasteiger charge is 2.54. The van der Waals surface area contributed by atoms with Crippen molar-refractivity contribution in [3.8, 4) is 6.07 Å². The predicted molar refractivity (Wildman–Crippen MR) is 108 cm³/mol. The summed E-state index contributed by atoms with van der Waals surface area (Å²) in [6.45, 7) is 7.02. The van der Waals surface area contributed by atoms with Crippen molar-refractivity contribution in [2.75, 3.05) is 6.54 Å². The highest BCUT2D eigenvalue weighted by atomic mass is 35.5. The Balaban J connectivity index is 2.22. The van der Waals surface area contributed by atoms with Gasteiger partial charge in [0, 0.05) is 22.2 Å². The number of nitriles is 1. The van der Waals surface area contributed by atoms with Gasteiger partial charge in [-0.15, -0.1) is 0 Å². The van der Waals surface area contributed by atoms with Gasteiger partial charge in [-0.05, 0) is 41.5 Å². The zero-order valence-electron chi connectivity index (χ0n) is 15.7. The Morgan fingerprint density at radius 2 is 1.93 bits per heavy atom. The molecule has 2 aromatic rings. The van der Waals surface area contributed by atoms with E-state index in [0.717, 1.165) is 12.0 Å². The van der Waals surface area contributed by atoms with Gasteiger partial charge in [-0.2, -0.15) is 5.26 Å². The number of halogens is 3. The van der Waals surface area contributed by atoms with E-state index in [4.69, 9.17) is 23.2 Å². The molecule has 0 radical (unpaired) electrons. The smallest absolute Gasteiger partial charge is 0.129 e. The number of nitrogens with one attached hydrogen (secondary N) is 1. The molecule has 0 saturated carbocycles. The predicted octanol–water partition coefficient (Wildman–Crippen LogP) is 6.29. The minimum atomic E-state index is -1.08. The van der Waals surface area contributed by atoms with Crippen molar-refractivity contribution < 1.29 is 4.39 Å². The lowest BCUT2D eigenvalue weighted by molar-refractivity contribution is 0.247. The van der Waals surface area contributed by atoms with Crippen LogP contribution in [0.25, 0.3) is 0 Å². The maximum absolute atomic E-state index is 15.0. The lowest BCUT2D eigenvalue weighted by Crippen LogP contribution is -2.39. The quantitative estimate of drug-likeness (QED) is 0.651. The van der Waals surface area contributed by atoms with E-state index in [1.807, 2.05) is 18.2 Å². The molecule has 0 spiro atoms. The van der Waals surface area contributed by atoms with E-state index in [1.165, 1.54) is 6.07 Å². The number of rotatable bonds is 3. The molecule has 5 heteroatoms. The van der Waals surface area contributed by atoms with E-state index in [0.29, 0.717) is 22.2 Å². The fourth-order valence-corrected chi connectivity index (χ4v) is 4.67. The molecule has 1 aliphatic rings. The molecule has 27 heavy (non-hydrogen) atoms. The molecular formula is C22H23Cl2FN2. The molecule has 0 aromatic heterocycles. The third-order valence-corrected chi connectivity index (χ3v) is 5.88. The van der Waals surface area contributed by atoms with Crippen LogP contribution in [-0.2, 0) is 5.41 Å². The first-order valence-electron chi connectivity index (χ1n) is 9.03. The zero-order valence-corrected chi connectivity index (χ0v) is 17.2. The Morgan fingerprint density at radius 1 is 1.22 bits per heavy atom. The second kappa shape index (κ2) is 7.43. The van der Waals surface area contributed by atoms with Gasteiger partial charge in [-0.25, -0.2) is 4.39 Å². The average Bonchev–Trinajstić information content (AvgIpc) is 2.92. The van der Waals surface area contributed by atoms with E-state index in [9.17, 15) is 5.26 Å². The molecule has 2 nitrogen and oxygen atoms in total. The van der Waals surface area contributed by atoms with Crippen molar-refractivity contribution in [3.63, 3.8) is 0 Å². The van der Waals surface area contributed by atoms with Gasteiger partial charge in [0.05, 0.1) is 12.1 Å². The third-order valence-electron chi connectivity index (χ3n) is 5.30. The molecule has 1 fully saturated rings. The normalized spacial score (nSPS) is 25.4. The summed E-state index contributed by atoms with van der Waals surface area (Å²) in [7, 11) is 0. The maximum atomic E-state index is 15.0. The molecule has 3 atom stereocenters. The van der Waals surface area contributed by atoms with E-state index < -0.39 is 17.3 Å². The summed E-state index contributed by atoms with van der Waals surface area (Å²) < 4.78 is 15.0. The third kappa shape index (κ3) is 3.72. The lowest BCUT2D eigenvalue weighted by atomic mass is 9.63. The Bertz CT molecular complexity index is 885. The molecule has 1 saturated heterocycles. The fourth-order valence-electron chi connectivity index (χ4n) is 4.27. The van der Waals surface area contributed by atoms with Crippen LogP contribution in [0, 0.1) is 28.5 Å². The number of hydrogen-bond donors (Lipinski definition) is 1. The van der Waals surface area contributed by atoms with Crippen molar-refractivity contribution in [2.45, 2.75) is 38.6 Å². The molecule has 2 aromatic carbocycles. The van der Waals surface area contributed by atoms with E-state index in [-0.39, 0.29) is 11.3 Å². The zero-order chi connectivity index (χ0) is 19.8. The van der Waals surface area contributed by atoms with Crippen LogP contribution in [0.15, 0.2) is 42.5 Å². The van der Waals surface area contributed by atoms with Gasteiger partial charge in [0.2, 0.25) is 0 Å². The first-order chi connectivity index (χ1) is 12.7. The second-order valence-corrected chi connectivity index (χ2v) is 9.27. The summed E-state index contributed by atoms with van der Waals surface area (Å²) in [5.41, 5.74) is 0.102. The van der Waals surface area contributed by atoms with Crippen LogP contribution in [0.5, 0.6) is 0 Å². The summed E-state index contributed by atoms with van der Waals surface area (Å²) in [4.78, 5) is 0. The average molecular weight is 405 g/mol. The summed E-state index contributed by atoms with van der Waals surface area (Å²) in [5, 5.41) is 14.8. The van der Waals surface area contributed by atoms with Gasteiger partial charge in [-0.1, -0.05) is 68.2 Å². The van der Waals surface area contributed by atoms with Crippen molar-refractivity contribution in [3.05, 3.63) is 69.5 Å².